The number of hydrogen-bond acceptors (Lipinski definition) is 4. The number of hydrogen-bond donors (Lipinski definition) is 0. The molecular weight excluding hydrogens is 280 g/mol. The first-order valence-corrected chi connectivity index (χ1v) is 6.86. The minimum absolute atomic E-state index is 0.322. The van der Waals surface area contributed by atoms with Crippen LogP contribution in [0.15, 0.2) is 54.2 Å². The van der Waals surface area contributed by atoms with Crippen LogP contribution in [0.5, 0.6) is 11.8 Å². The van der Waals surface area contributed by atoms with Gasteiger partial charge in [-0.25, -0.2) is 9.97 Å². The maximum Gasteiger partial charge on any atom is 0.321 e. The molecule has 5 heteroatoms. The molecule has 0 fully saturated rings. The summed E-state index contributed by atoms with van der Waals surface area (Å²) in [5.74, 6) is 0.660. The summed E-state index contributed by atoms with van der Waals surface area (Å²) in [5.41, 5.74) is 0.985. The maximum atomic E-state index is 5.81. The molecule has 3 aromatic rings. The van der Waals surface area contributed by atoms with Gasteiger partial charge in [0.2, 0.25) is 0 Å². The first-order valence-electron chi connectivity index (χ1n) is 5.60. The highest BCUT2D eigenvalue weighted by Gasteiger charge is 2.03. The Morgan fingerprint density at radius 1 is 1.00 bits per heavy atom. The number of nitrogens with zero attached hydrogens (tertiary/aromatic N) is 2. The van der Waals surface area contributed by atoms with Crippen molar-refractivity contribution in [1.82, 2.24) is 9.97 Å². The molecule has 0 saturated heterocycles. The van der Waals surface area contributed by atoms with Crippen LogP contribution in [0, 0.1) is 0 Å². The fourth-order valence-corrected chi connectivity index (χ4v) is 2.38. The van der Waals surface area contributed by atoms with Crippen molar-refractivity contribution in [2.75, 3.05) is 0 Å². The molecule has 3 rings (SSSR count). The van der Waals surface area contributed by atoms with E-state index in [2.05, 4.69) is 9.97 Å². The topological polar surface area (TPSA) is 35.0 Å². The predicted molar refractivity (Wildman–Crippen MR) is 76.9 cm³/mol. The van der Waals surface area contributed by atoms with Crippen molar-refractivity contribution in [2.24, 2.45) is 0 Å². The summed E-state index contributed by atoms with van der Waals surface area (Å²) in [5, 5.41) is 2.69. The van der Waals surface area contributed by atoms with E-state index in [0.29, 0.717) is 16.8 Å². The van der Waals surface area contributed by atoms with E-state index in [-0.39, 0.29) is 0 Å². The van der Waals surface area contributed by atoms with Crippen molar-refractivity contribution in [1.29, 1.82) is 0 Å². The molecule has 19 heavy (non-hydrogen) atoms. The van der Waals surface area contributed by atoms with E-state index in [4.69, 9.17) is 16.3 Å². The second-order valence-electron chi connectivity index (χ2n) is 3.79. The lowest BCUT2D eigenvalue weighted by molar-refractivity contribution is 0.442. The van der Waals surface area contributed by atoms with E-state index in [1.54, 1.807) is 48.0 Å². The Kier molecular flexibility index (Phi) is 3.44. The zero-order valence-corrected chi connectivity index (χ0v) is 11.4. The molecule has 94 valence electrons. The van der Waals surface area contributed by atoms with Crippen LogP contribution < -0.4 is 4.74 Å². The smallest absolute Gasteiger partial charge is 0.321 e. The highest BCUT2D eigenvalue weighted by Crippen LogP contribution is 2.25. The van der Waals surface area contributed by atoms with E-state index < -0.39 is 0 Å². The first kappa shape index (κ1) is 12.1. The van der Waals surface area contributed by atoms with Crippen LogP contribution in [-0.4, -0.2) is 9.97 Å². The molecule has 0 atom stereocenters. The van der Waals surface area contributed by atoms with Crippen molar-refractivity contribution in [3.05, 3.63) is 59.2 Å². The Bertz CT molecular complexity index is 651. The van der Waals surface area contributed by atoms with Crippen molar-refractivity contribution in [2.45, 2.75) is 0 Å². The van der Waals surface area contributed by atoms with E-state index in [1.807, 2.05) is 17.5 Å². The summed E-state index contributed by atoms with van der Waals surface area (Å²) in [6.07, 6.45) is 3.51. The molecule has 0 bridgehead atoms. The fourth-order valence-electron chi connectivity index (χ4n) is 1.55. The standard InChI is InChI=1S/C14H9ClN2OS/c15-11-3-5-12(6-4-11)18-14-16-8-10(9-17-14)13-2-1-7-19-13/h1-9H. The van der Waals surface area contributed by atoms with Crippen LogP contribution in [0.25, 0.3) is 10.4 Å². The van der Waals surface area contributed by atoms with Gasteiger partial charge in [-0.2, -0.15) is 0 Å². The van der Waals surface area contributed by atoms with E-state index >= 15 is 0 Å². The highest BCUT2D eigenvalue weighted by atomic mass is 35.5. The molecule has 0 unspecified atom stereocenters. The van der Waals surface area contributed by atoms with Crippen molar-refractivity contribution in [3.8, 4) is 22.2 Å². The van der Waals surface area contributed by atoms with Crippen molar-refractivity contribution >= 4 is 22.9 Å². The van der Waals surface area contributed by atoms with Crippen molar-refractivity contribution in [3.63, 3.8) is 0 Å². The van der Waals surface area contributed by atoms with Gasteiger partial charge in [0.15, 0.2) is 0 Å². The average Bonchev–Trinajstić information content (AvgIpc) is 2.96. The summed E-state index contributed by atoms with van der Waals surface area (Å²) in [7, 11) is 0. The Hall–Kier alpha value is -1.91. The maximum absolute atomic E-state index is 5.81. The van der Waals surface area contributed by atoms with Crippen LogP contribution >= 0.6 is 22.9 Å². The molecule has 0 spiro atoms. The van der Waals surface area contributed by atoms with Crippen LogP contribution in [0.3, 0.4) is 0 Å². The number of benzene rings is 1. The highest BCUT2D eigenvalue weighted by molar-refractivity contribution is 7.13. The van der Waals surface area contributed by atoms with E-state index in [9.17, 15) is 0 Å². The Labute approximate surface area is 119 Å². The van der Waals surface area contributed by atoms with Gasteiger partial charge in [-0.05, 0) is 35.7 Å². The zero-order chi connectivity index (χ0) is 13.1. The molecule has 0 aliphatic rings. The molecule has 0 aliphatic heterocycles. The molecule has 0 aliphatic carbocycles. The Morgan fingerprint density at radius 3 is 2.37 bits per heavy atom. The number of rotatable bonds is 3. The van der Waals surface area contributed by atoms with Gasteiger partial charge < -0.3 is 4.74 Å². The third-order valence-corrected chi connectivity index (χ3v) is 3.63. The van der Waals surface area contributed by atoms with Crippen LogP contribution in [-0.2, 0) is 0 Å². The van der Waals surface area contributed by atoms with Gasteiger partial charge in [-0.1, -0.05) is 17.7 Å². The van der Waals surface area contributed by atoms with Crippen LogP contribution in [0.4, 0.5) is 0 Å². The number of ether oxygens (including phenoxy) is 1. The molecule has 3 nitrogen and oxygen atoms in total. The number of halogens is 1. The second-order valence-corrected chi connectivity index (χ2v) is 5.17. The molecule has 0 radical (unpaired) electrons. The lowest BCUT2D eigenvalue weighted by Gasteiger charge is -2.03. The lowest BCUT2D eigenvalue weighted by atomic mass is 10.3. The Balaban J connectivity index is 1.77. The molecule has 0 N–H and O–H groups in total. The zero-order valence-electron chi connectivity index (χ0n) is 9.79. The fraction of sp³-hybridized carbons (Fsp3) is 0. The second kappa shape index (κ2) is 5.38. The molecule has 0 amide bonds. The summed E-state index contributed by atoms with van der Waals surface area (Å²) >= 11 is 7.46. The van der Waals surface area contributed by atoms with Gasteiger partial charge >= 0.3 is 6.01 Å². The summed E-state index contributed by atoms with van der Waals surface area (Å²) in [4.78, 5) is 9.52. The van der Waals surface area contributed by atoms with E-state index in [0.717, 1.165) is 10.4 Å². The quantitative estimate of drug-likeness (QED) is 0.703. The molecule has 0 saturated carbocycles. The normalized spacial score (nSPS) is 10.4. The van der Waals surface area contributed by atoms with Gasteiger partial charge in [-0.3, -0.25) is 0 Å². The predicted octanol–water partition coefficient (Wildman–Crippen LogP) is 4.65. The van der Waals surface area contributed by atoms with Gasteiger partial charge in [-0.15, -0.1) is 11.3 Å². The van der Waals surface area contributed by atoms with E-state index in [1.165, 1.54) is 0 Å². The number of thiophene rings is 1. The summed E-state index contributed by atoms with van der Waals surface area (Å²) in [6.45, 7) is 0. The van der Waals surface area contributed by atoms with Crippen LogP contribution in [0.1, 0.15) is 0 Å². The largest absolute Gasteiger partial charge is 0.424 e. The molecule has 2 heterocycles. The van der Waals surface area contributed by atoms with Gasteiger partial charge in [0, 0.05) is 27.9 Å². The van der Waals surface area contributed by atoms with Gasteiger partial charge in [0.05, 0.1) is 0 Å². The third kappa shape index (κ3) is 2.92. The lowest BCUT2D eigenvalue weighted by Crippen LogP contribution is -1.91. The minimum Gasteiger partial charge on any atom is -0.424 e. The first-order chi connectivity index (χ1) is 9.31. The van der Waals surface area contributed by atoms with Crippen LogP contribution in [0.2, 0.25) is 5.02 Å². The van der Waals surface area contributed by atoms with Gasteiger partial charge in [0.25, 0.3) is 0 Å². The average molecular weight is 289 g/mol. The monoisotopic (exact) mass is 288 g/mol. The summed E-state index contributed by atoms with van der Waals surface area (Å²) < 4.78 is 5.53. The molecule has 1 aromatic carbocycles. The summed E-state index contributed by atoms with van der Waals surface area (Å²) in [6, 6.07) is 11.4. The third-order valence-electron chi connectivity index (χ3n) is 2.46. The molecule has 2 aromatic heterocycles. The SMILES string of the molecule is Clc1ccc(Oc2ncc(-c3cccs3)cn2)cc1. The molecular formula is C14H9ClN2OS. The Morgan fingerprint density at radius 2 is 1.74 bits per heavy atom. The van der Waals surface area contributed by atoms with Gasteiger partial charge in [0.1, 0.15) is 5.75 Å². The minimum atomic E-state index is 0.322. The van der Waals surface area contributed by atoms with Crippen molar-refractivity contribution < 1.29 is 4.74 Å². The number of aromatic nitrogens is 2.